The zero-order valence-corrected chi connectivity index (χ0v) is 5.01. The lowest BCUT2D eigenvalue weighted by molar-refractivity contribution is 0.168. The third-order valence-corrected chi connectivity index (χ3v) is 1.58. The lowest BCUT2D eigenvalue weighted by Crippen LogP contribution is -2.46. The topological polar surface area (TPSA) is 29.3 Å². The number of rotatable bonds is 2. The fraction of sp³-hybridized carbons (Fsp3) is 0.667. The van der Waals surface area contributed by atoms with Crippen LogP contribution in [0.3, 0.4) is 0 Å². The number of likely N-dealkylation sites (tertiary alicyclic amines) is 1. The largest absolute Gasteiger partial charge is 0.377 e. The van der Waals surface area contributed by atoms with Gasteiger partial charge in [-0.3, -0.25) is 0 Å². The molecular formula is C6H12N2. The quantitative estimate of drug-likeness (QED) is 0.545. The molecule has 0 amide bonds. The molecule has 1 saturated heterocycles. The van der Waals surface area contributed by atoms with Crippen LogP contribution in [0.2, 0.25) is 0 Å². The van der Waals surface area contributed by atoms with E-state index in [0.717, 1.165) is 25.6 Å². The van der Waals surface area contributed by atoms with E-state index in [0.29, 0.717) is 0 Å². The molecule has 1 rings (SSSR count). The number of nitrogens with zero attached hydrogens (tertiary/aromatic N) is 1. The Morgan fingerprint density at radius 1 is 1.75 bits per heavy atom. The van der Waals surface area contributed by atoms with Crippen molar-refractivity contribution in [3.63, 3.8) is 0 Å². The minimum atomic E-state index is 0.730. The standard InChI is InChI=1S/C6H12N2/c1-2-8-4-6(3-7)5-8/h2,6H,1,3-5,7H2. The van der Waals surface area contributed by atoms with E-state index >= 15 is 0 Å². The molecule has 1 fully saturated rings. The SMILES string of the molecule is C=CN1CC(CN)C1. The second-order valence-electron chi connectivity index (χ2n) is 2.24. The van der Waals surface area contributed by atoms with Crippen molar-refractivity contribution in [2.75, 3.05) is 19.6 Å². The number of nitrogens with two attached hydrogens (primary N) is 1. The molecule has 8 heavy (non-hydrogen) atoms. The molecule has 1 aliphatic heterocycles. The molecule has 46 valence electrons. The fourth-order valence-electron chi connectivity index (χ4n) is 0.908. The average Bonchev–Trinajstić information content (AvgIpc) is 1.65. The van der Waals surface area contributed by atoms with Crippen LogP contribution in [0.1, 0.15) is 0 Å². The first-order chi connectivity index (χ1) is 3.86. The van der Waals surface area contributed by atoms with E-state index in [1.165, 1.54) is 0 Å². The van der Waals surface area contributed by atoms with Crippen LogP contribution in [-0.2, 0) is 0 Å². The highest BCUT2D eigenvalue weighted by atomic mass is 15.2. The summed E-state index contributed by atoms with van der Waals surface area (Å²) in [6.45, 7) is 6.68. The van der Waals surface area contributed by atoms with Gasteiger partial charge in [-0.2, -0.15) is 0 Å². The van der Waals surface area contributed by atoms with Crippen molar-refractivity contribution in [3.8, 4) is 0 Å². The zero-order chi connectivity index (χ0) is 5.98. The Morgan fingerprint density at radius 2 is 2.38 bits per heavy atom. The third kappa shape index (κ3) is 0.842. The van der Waals surface area contributed by atoms with Crippen LogP contribution in [0, 0.1) is 5.92 Å². The Hall–Kier alpha value is -0.500. The van der Waals surface area contributed by atoms with E-state index in [-0.39, 0.29) is 0 Å². The summed E-state index contributed by atoms with van der Waals surface area (Å²) in [5.74, 6) is 0.730. The van der Waals surface area contributed by atoms with Gasteiger partial charge in [0.15, 0.2) is 0 Å². The molecule has 2 N–H and O–H groups in total. The van der Waals surface area contributed by atoms with Crippen LogP contribution >= 0.6 is 0 Å². The smallest absolute Gasteiger partial charge is 0.0229 e. The summed E-state index contributed by atoms with van der Waals surface area (Å²) >= 11 is 0. The lowest BCUT2D eigenvalue weighted by atomic mass is 10.0. The lowest BCUT2D eigenvalue weighted by Gasteiger charge is -2.37. The molecule has 0 aromatic carbocycles. The van der Waals surface area contributed by atoms with Crippen LogP contribution in [0.15, 0.2) is 12.8 Å². The summed E-state index contributed by atoms with van der Waals surface area (Å²) in [4.78, 5) is 2.16. The Bertz CT molecular complexity index is 84.5. The van der Waals surface area contributed by atoms with Crippen LogP contribution < -0.4 is 5.73 Å². The second-order valence-corrected chi connectivity index (χ2v) is 2.24. The first-order valence-electron chi connectivity index (χ1n) is 2.93. The summed E-state index contributed by atoms with van der Waals surface area (Å²) in [7, 11) is 0. The van der Waals surface area contributed by atoms with Gasteiger partial charge < -0.3 is 10.6 Å². The Labute approximate surface area is 50.0 Å². The van der Waals surface area contributed by atoms with Gasteiger partial charge in [0.05, 0.1) is 0 Å². The molecule has 2 heteroatoms. The first kappa shape index (κ1) is 5.63. The highest BCUT2D eigenvalue weighted by molar-refractivity contribution is 4.86. The number of hydrogen-bond donors (Lipinski definition) is 1. The summed E-state index contributed by atoms with van der Waals surface area (Å²) < 4.78 is 0. The van der Waals surface area contributed by atoms with Crippen molar-refractivity contribution in [3.05, 3.63) is 12.8 Å². The molecule has 1 heterocycles. The van der Waals surface area contributed by atoms with Gasteiger partial charge in [0.1, 0.15) is 0 Å². The Morgan fingerprint density at radius 3 is 2.75 bits per heavy atom. The van der Waals surface area contributed by atoms with Gasteiger partial charge in [-0.05, 0) is 12.7 Å². The summed E-state index contributed by atoms with van der Waals surface area (Å²) in [5.41, 5.74) is 5.39. The average molecular weight is 112 g/mol. The molecule has 0 radical (unpaired) electrons. The molecule has 0 aliphatic carbocycles. The molecule has 0 aromatic heterocycles. The van der Waals surface area contributed by atoms with E-state index in [4.69, 9.17) is 5.73 Å². The molecule has 0 saturated carbocycles. The van der Waals surface area contributed by atoms with E-state index in [2.05, 4.69) is 11.5 Å². The Kier molecular flexibility index (Phi) is 1.53. The van der Waals surface area contributed by atoms with Crippen molar-refractivity contribution in [2.45, 2.75) is 0 Å². The van der Waals surface area contributed by atoms with Crippen molar-refractivity contribution in [2.24, 2.45) is 11.7 Å². The van der Waals surface area contributed by atoms with Crippen molar-refractivity contribution in [1.82, 2.24) is 4.90 Å². The minimum absolute atomic E-state index is 0.730. The van der Waals surface area contributed by atoms with Gasteiger partial charge in [-0.1, -0.05) is 6.58 Å². The maximum atomic E-state index is 5.39. The monoisotopic (exact) mass is 112 g/mol. The van der Waals surface area contributed by atoms with Crippen molar-refractivity contribution >= 4 is 0 Å². The number of hydrogen-bond acceptors (Lipinski definition) is 2. The molecular weight excluding hydrogens is 100 g/mol. The van der Waals surface area contributed by atoms with Crippen LogP contribution in [0.5, 0.6) is 0 Å². The highest BCUT2D eigenvalue weighted by Gasteiger charge is 2.21. The molecule has 0 unspecified atom stereocenters. The van der Waals surface area contributed by atoms with Gasteiger partial charge in [-0.15, -0.1) is 0 Å². The third-order valence-electron chi connectivity index (χ3n) is 1.58. The Balaban J connectivity index is 2.11. The molecule has 2 nitrogen and oxygen atoms in total. The van der Waals surface area contributed by atoms with E-state index in [9.17, 15) is 0 Å². The zero-order valence-electron chi connectivity index (χ0n) is 5.01. The predicted molar refractivity (Wildman–Crippen MR) is 34.3 cm³/mol. The maximum absolute atomic E-state index is 5.39. The summed E-state index contributed by atoms with van der Waals surface area (Å²) in [6.07, 6.45) is 1.87. The van der Waals surface area contributed by atoms with Crippen LogP contribution in [0.25, 0.3) is 0 Å². The highest BCUT2D eigenvalue weighted by Crippen LogP contribution is 2.12. The van der Waals surface area contributed by atoms with Crippen molar-refractivity contribution < 1.29 is 0 Å². The maximum Gasteiger partial charge on any atom is 0.0229 e. The van der Waals surface area contributed by atoms with E-state index in [1.807, 2.05) is 6.20 Å². The van der Waals surface area contributed by atoms with Crippen LogP contribution in [-0.4, -0.2) is 24.5 Å². The van der Waals surface area contributed by atoms with Gasteiger partial charge in [0, 0.05) is 19.0 Å². The molecule has 0 atom stereocenters. The predicted octanol–water partition coefficient (Wildman–Crippen LogP) is 0.0204. The summed E-state index contributed by atoms with van der Waals surface area (Å²) in [5, 5.41) is 0. The molecule has 0 spiro atoms. The second kappa shape index (κ2) is 2.18. The van der Waals surface area contributed by atoms with Crippen LogP contribution in [0.4, 0.5) is 0 Å². The van der Waals surface area contributed by atoms with Gasteiger partial charge in [0.2, 0.25) is 0 Å². The van der Waals surface area contributed by atoms with E-state index in [1.54, 1.807) is 0 Å². The first-order valence-corrected chi connectivity index (χ1v) is 2.93. The van der Waals surface area contributed by atoms with Crippen molar-refractivity contribution in [1.29, 1.82) is 0 Å². The van der Waals surface area contributed by atoms with E-state index < -0.39 is 0 Å². The summed E-state index contributed by atoms with van der Waals surface area (Å²) in [6, 6.07) is 0. The minimum Gasteiger partial charge on any atom is -0.377 e. The molecule has 1 aliphatic rings. The molecule has 0 bridgehead atoms. The van der Waals surface area contributed by atoms with Gasteiger partial charge in [0.25, 0.3) is 0 Å². The molecule has 0 aromatic rings. The van der Waals surface area contributed by atoms with Gasteiger partial charge in [-0.25, -0.2) is 0 Å². The normalized spacial score (nSPS) is 20.4. The fourth-order valence-corrected chi connectivity index (χ4v) is 0.908. The van der Waals surface area contributed by atoms with Gasteiger partial charge >= 0.3 is 0 Å².